The van der Waals surface area contributed by atoms with E-state index in [9.17, 15) is 9.90 Å². The molecule has 0 bridgehead atoms. The third kappa shape index (κ3) is 3.68. The second kappa shape index (κ2) is 5.83. The molecule has 0 saturated heterocycles. The molecule has 4 heteroatoms. The van der Waals surface area contributed by atoms with Crippen molar-refractivity contribution in [3.05, 3.63) is 0 Å². The standard InChI is InChI=1S/C13H26N2O2/c1-10-6-5-7-13(8-10,12(16)17)14-9-11(2)15(3)4/h10-11,14H,5-9H2,1-4H3,(H,16,17). The number of hydrogen-bond donors (Lipinski definition) is 2. The van der Waals surface area contributed by atoms with E-state index in [0.29, 0.717) is 12.0 Å². The van der Waals surface area contributed by atoms with Gasteiger partial charge in [-0.25, -0.2) is 0 Å². The van der Waals surface area contributed by atoms with E-state index in [1.807, 2.05) is 14.1 Å². The lowest BCUT2D eigenvalue weighted by molar-refractivity contribution is -0.147. The predicted molar refractivity (Wildman–Crippen MR) is 69.2 cm³/mol. The van der Waals surface area contributed by atoms with Crippen molar-refractivity contribution < 1.29 is 9.90 Å². The van der Waals surface area contributed by atoms with Gasteiger partial charge in [-0.2, -0.15) is 0 Å². The molecule has 1 fully saturated rings. The minimum atomic E-state index is -0.693. The van der Waals surface area contributed by atoms with Crippen LogP contribution < -0.4 is 5.32 Å². The molecule has 0 aromatic heterocycles. The molecule has 2 N–H and O–H groups in total. The predicted octanol–water partition coefficient (Wildman–Crippen LogP) is 1.56. The SMILES string of the molecule is CC1CCCC(NCC(C)N(C)C)(C(=O)O)C1. The molecule has 0 aliphatic heterocycles. The van der Waals surface area contributed by atoms with Crippen LogP contribution in [0.25, 0.3) is 0 Å². The summed E-state index contributed by atoms with van der Waals surface area (Å²) in [5.74, 6) is -0.183. The van der Waals surface area contributed by atoms with Gasteiger partial charge in [-0.15, -0.1) is 0 Å². The van der Waals surface area contributed by atoms with Gasteiger partial charge in [-0.05, 0) is 39.8 Å². The van der Waals surface area contributed by atoms with Crippen LogP contribution in [0.1, 0.15) is 39.5 Å². The molecule has 0 spiro atoms. The fourth-order valence-electron chi connectivity index (χ4n) is 2.51. The van der Waals surface area contributed by atoms with Crippen LogP contribution in [-0.2, 0) is 4.79 Å². The zero-order valence-corrected chi connectivity index (χ0v) is 11.5. The largest absolute Gasteiger partial charge is 0.480 e. The molecular formula is C13H26N2O2. The highest BCUT2D eigenvalue weighted by Gasteiger charge is 2.41. The maximum atomic E-state index is 11.5. The minimum Gasteiger partial charge on any atom is -0.480 e. The molecule has 3 unspecified atom stereocenters. The van der Waals surface area contributed by atoms with Crippen LogP contribution >= 0.6 is 0 Å². The lowest BCUT2D eigenvalue weighted by atomic mass is 9.76. The molecule has 3 atom stereocenters. The van der Waals surface area contributed by atoms with Gasteiger partial charge < -0.3 is 15.3 Å². The van der Waals surface area contributed by atoms with Crippen molar-refractivity contribution in [2.45, 2.75) is 51.1 Å². The van der Waals surface area contributed by atoms with Crippen molar-refractivity contribution >= 4 is 5.97 Å². The van der Waals surface area contributed by atoms with Crippen molar-refractivity contribution in [3.63, 3.8) is 0 Å². The summed E-state index contributed by atoms with van der Waals surface area (Å²) in [4.78, 5) is 13.6. The Morgan fingerprint density at radius 2 is 2.24 bits per heavy atom. The number of aliphatic carboxylic acids is 1. The van der Waals surface area contributed by atoms with Gasteiger partial charge in [0.15, 0.2) is 0 Å². The van der Waals surface area contributed by atoms with Gasteiger partial charge in [0, 0.05) is 12.6 Å². The Labute approximate surface area is 104 Å². The summed E-state index contributed by atoms with van der Waals surface area (Å²) in [5.41, 5.74) is -0.693. The van der Waals surface area contributed by atoms with E-state index >= 15 is 0 Å². The van der Waals surface area contributed by atoms with Crippen LogP contribution in [0.2, 0.25) is 0 Å². The summed E-state index contributed by atoms with van der Waals surface area (Å²) >= 11 is 0. The summed E-state index contributed by atoms with van der Waals surface area (Å²) in [5, 5.41) is 12.8. The Balaban J connectivity index is 2.62. The second-order valence-electron chi connectivity index (χ2n) is 5.78. The van der Waals surface area contributed by atoms with Crippen LogP contribution in [0, 0.1) is 5.92 Å². The number of carboxylic acids is 1. The van der Waals surface area contributed by atoms with E-state index in [4.69, 9.17) is 0 Å². The number of rotatable bonds is 5. The van der Waals surface area contributed by atoms with Gasteiger partial charge in [0.05, 0.1) is 0 Å². The van der Waals surface area contributed by atoms with Crippen LogP contribution in [0.4, 0.5) is 0 Å². The van der Waals surface area contributed by atoms with Gasteiger partial charge in [-0.3, -0.25) is 4.79 Å². The Morgan fingerprint density at radius 1 is 1.59 bits per heavy atom. The Hall–Kier alpha value is -0.610. The molecule has 0 aromatic rings. The number of likely N-dealkylation sites (N-methyl/N-ethyl adjacent to an activating group) is 1. The summed E-state index contributed by atoms with van der Waals surface area (Å²) in [6, 6.07) is 0.350. The summed E-state index contributed by atoms with van der Waals surface area (Å²) < 4.78 is 0. The monoisotopic (exact) mass is 242 g/mol. The number of hydrogen-bond acceptors (Lipinski definition) is 3. The molecule has 1 saturated carbocycles. The van der Waals surface area contributed by atoms with Gasteiger partial charge in [-0.1, -0.05) is 19.8 Å². The molecule has 1 aliphatic rings. The Kier molecular flexibility index (Phi) is 4.95. The fourth-order valence-corrected chi connectivity index (χ4v) is 2.51. The zero-order valence-electron chi connectivity index (χ0n) is 11.5. The van der Waals surface area contributed by atoms with E-state index in [0.717, 1.165) is 32.2 Å². The first-order valence-corrected chi connectivity index (χ1v) is 6.52. The van der Waals surface area contributed by atoms with E-state index in [1.54, 1.807) is 0 Å². The maximum Gasteiger partial charge on any atom is 0.323 e. The van der Waals surface area contributed by atoms with Crippen LogP contribution in [-0.4, -0.2) is 48.2 Å². The molecule has 0 radical (unpaired) electrons. The topological polar surface area (TPSA) is 52.6 Å². The van der Waals surface area contributed by atoms with Gasteiger partial charge in [0.25, 0.3) is 0 Å². The molecular weight excluding hydrogens is 216 g/mol. The first-order chi connectivity index (χ1) is 7.87. The first kappa shape index (κ1) is 14.5. The lowest BCUT2D eigenvalue weighted by Crippen LogP contribution is -2.57. The first-order valence-electron chi connectivity index (χ1n) is 6.52. The third-order valence-corrected chi connectivity index (χ3v) is 4.02. The van der Waals surface area contributed by atoms with Crippen molar-refractivity contribution in [1.82, 2.24) is 10.2 Å². The normalized spacial score (nSPS) is 31.5. The average Bonchev–Trinajstić information content (AvgIpc) is 2.25. The van der Waals surface area contributed by atoms with E-state index in [-0.39, 0.29) is 0 Å². The average molecular weight is 242 g/mol. The molecule has 100 valence electrons. The third-order valence-electron chi connectivity index (χ3n) is 4.02. The van der Waals surface area contributed by atoms with Crippen molar-refractivity contribution in [2.75, 3.05) is 20.6 Å². The highest BCUT2D eigenvalue weighted by atomic mass is 16.4. The number of carbonyl (C=O) groups is 1. The lowest BCUT2D eigenvalue weighted by Gasteiger charge is -2.38. The van der Waals surface area contributed by atoms with Gasteiger partial charge in [0.1, 0.15) is 5.54 Å². The molecule has 1 aliphatic carbocycles. The molecule has 0 aromatic carbocycles. The Bertz CT molecular complexity index is 268. The van der Waals surface area contributed by atoms with Crippen LogP contribution in [0.5, 0.6) is 0 Å². The highest BCUT2D eigenvalue weighted by Crippen LogP contribution is 2.32. The van der Waals surface area contributed by atoms with Gasteiger partial charge >= 0.3 is 5.97 Å². The summed E-state index contributed by atoms with van der Waals surface area (Å²) in [7, 11) is 4.03. The molecule has 17 heavy (non-hydrogen) atoms. The summed E-state index contributed by atoms with van der Waals surface area (Å²) in [6.07, 6.45) is 3.67. The van der Waals surface area contributed by atoms with E-state index < -0.39 is 11.5 Å². The summed E-state index contributed by atoms with van der Waals surface area (Å²) in [6.45, 7) is 4.98. The molecule has 0 heterocycles. The van der Waals surface area contributed by atoms with E-state index in [1.165, 1.54) is 0 Å². The minimum absolute atomic E-state index is 0.350. The quantitative estimate of drug-likeness (QED) is 0.768. The zero-order chi connectivity index (χ0) is 13.1. The molecule has 4 nitrogen and oxygen atoms in total. The fraction of sp³-hybridized carbons (Fsp3) is 0.923. The molecule has 1 rings (SSSR count). The number of nitrogens with one attached hydrogen (secondary N) is 1. The van der Waals surface area contributed by atoms with E-state index in [2.05, 4.69) is 24.1 Å². The van der Waals surface area contributed by atoms with Gasteiger partial charge in [0.2, 0.25) is 0 Å². The second-order valence-corrected chi connectivity index (χ2v) is 5.78. The van der Waals surface area contributed by atoms with Crippen molar-refractivity contribution in [2.24, 2.45) is 5.92 Å². The van der Waals surface area contributed by atoms with Crippen LogP contribution in [0.3, 0.4) is 0 Å². The molecule has 0 amide bonds. The number of carboxylic acid groups (broad SMARTS) is 1. The highest BCUT2D eigenvalue weighted by molar-refractivity contribution is 5.79. The number of nitrogens with zero attached hydrogens (tertiary/aromatic N) is 1. The van der Waals surface area contributed by atoms with Crippen molar-refractivity contribution in [1.29, 1.82) is 0 Å². The maximum absolute atomic E-state index is 11.5. The smallest absolute Gasteiger partial charge is 0.323 e. The van der Waals surface area contributed by atoms with Crippen LogP contribution in [0.15, 0.2) is 0 Å². The Morgan fingerprint density at radius 3 is 2.71 bits per heavy atom. The van der Waals surface area contributed by atoms with Crippen molar-refractivity contribution in [3.8, 4) is 0 Å².